The molecule has 0 aliphatic rings. The van der Waals surface area contributed by atoms with E-state index in [1.165, 1.54) is 37.3 Å². The third kappa shape index (κ3) is 3.82. The third-order valence-corrected chi connectivity index (χ3v) is 3.17. The minimum absolute atomic E-state index is 0.00407. The molecule has 0 fully saturated rings. The van der Waals surface area contributed by atoms with Gasteiger partial charge in [0.15, 0.2) is 0 Å². The van der Waals surface area contributed by atoms with E-state index < -0.39 is 17.7 Å². The number of carbonyl (C=O) groups excluding carboxylic acids is 2. The van der Waals surface area contributed by atoms with Crippen molar-refractivity contribution in [3.05, 3.63) is 52.3 Å². The monoisotopic (exact) mass is 366 g/mol. The number of rotatable bonds is 3. The Kier molecular flexibility index (Phi) is 4.77. The van der Waals surface area contributed by atoms with Crippen LogP contribution in [0.25, 0.3) is 0 Å². The number of esters is 1. The van der Waals surface area contributed by atoms with Crippen LogP contribution >= 0.6 is 15.9 Å². The molecule has 0 heterocycles. The van der Waals surface area contributed by atoms with Gasteiger partial charge in [0.05, 0.1) is 11.3 Å². The molecule has 2 aromatic rings. The summed E-state index contributed by atoms with van der Waals surface area (Å²) in [5.41, 5.74) is 6.00. The predicted molar refractivity (Wildman–Crippen MR) is 84.2 cm³/mol. The van der Waals surface area contributed by atoms with Crippen LogP contribution in [0.5, 0.6) is 5.75 Å². The molecule has 0 aliphatic carbocycles. The highest BCUT2D eigenvalue weighted by Gasteiger charge is 2.16. The van der Waals surface area contributed by atoms with Gasteiger partial charge in [0.2, 0.25) is 0 Å². The highest BCUT2D eigenvalue weighted by atomic mass is 79.9. The molecule has 5 nitrogen and oxygen atoms in total. The number of halogens is 2. The maximum Gasteiger partial charge on any atom is 0.308 e. The summed E-state index contributed by atoms with van der Waals surface area (Å²) in [6.45, 7) is 1.21. The summed E-state index contributed by atoms with van der Waals surface area (Å²) in [6.07, 6.45) is 0. The molecule has 0 spiro atoms. The molecule has 2 rings (SSSR count). The Morgan fingerprint density at radius 1 is 1.23 bits per heavy atom. The fourth-order valence-electron chi connectivity index (χ4n) is 1.75. The van der Waals surface area contributed by atoms with Crippen LogP contribution in [0.4, 0.5) is 15.8 Å². The molecular weight excluding hydrogens is 355 g/mol. The van der Waals surface area contributed by atoms with Crippen molar-refractivity contribution in [2.45, 2.75) is 6.92 Å². The first kappa shape index (κ1) is 16.0. The minimum Gasteiger partial charge on any atom is -0.426 e. The van der Waals surface area contributed by atoms with E-state index in [1.807, 2.05) is 0 Å². The van der Waals surface area contributed by atoms with E-state index in [4.69, 9.17) is 10.5 Å². The van der Waals surface area contributed by atoms with Crippen LogP contribution in [0.15, 0.2) is 40.9 Å². The first-order valence-corrected chi connectivity index (χ1v) is 7.00. The van der Waals surface area contributed by atoms with E-state index in [2.05, 4.69) is 21.2 Å². The lowest BCUT2D eigenvalue weighted by molar-refractivity contribution is -0.131. The largest absolute Gasteiger partial charge is 0.426 e. The Bertz CT molecular complexity index is 750. The molecule has 0 saturated heterocycles. The zero-order valence-electron chi connectivity index (χ0n) is 11.5. The van der Waals surface area contributed by atoms with Gasteiger partial charge in [0, 0.05) is 17.1 Å². The van der Waals surface area contributed by atoms with Gasteiger partial charge in [-0.3, -0.25) is 9.59 Å². The number of nitrogens with two attached hydrogens (primary N) is 1. The Balaban J connectivity index is 2.32. The van der Waals surface area contributed by atoms with Crippen molar-refractivity contribution in [3.63, 3.8) is 0 Å². The molecular formula is C15H12BrFN2O3. The molecule has 0 radical (unpaired) electrons. The molecule has 0 unspecified atom stereocenters. The highest BCUT2D eigenvalue weighted by molar-refractivity contribution is 9.10. The normalized spacial score (nSPS) is 10.1. The molecule has 2 aromatic carbocycles. The summed E-state index contributed by atoms with van der Waals surface area (Å²) < 4.78 is 19.3. The number of hydrogen-bond donors (Lipinski definition) is 2. The van der Waals surface area contributed by atoms with Crippen LogP contribution in [0.1, 0.15) is 17.3 Å². The van der Waals surface area contributed by atoms with Crippen LogP contribution in [0.3, 0.4) is 0 Å². The molecule has 1 amide bonds. The summed E-state index contributed by atoms with van der Waals surface area (Å²) >= 11 is 3.13. The third-order valence-electron chi connectivity index (χ3n) is 2.68. The lowest BCUT2D eigenvalue weighted by atomic mass is 10.1. The average molecular weight is 367 g/mol. The summed E-state index contributed by atoms with van der Waals surface area (Å²) in [6, 6.07) is 8.48. The smallest absolute Gasteiger partial charge is 0.308 e. The number of nitrogens with one attached hydrogen (secondary N) is 1. The lowest BCUT2D eigenvalue weighted by Gasteiger charge is -2.11. The molecule has 3 N–H and O–H groups in total. The van der Waals surface area contributed by atoms with Gasteiger partial charge in [0.1, 0.15) is 11.6 Å². The number of ether oxygens (including phenoxy) is 1. The first-order chi connectivity index (χ1) is 10.4. The highest BCUT2D eigenvalue weighted by Crippen LogP contribution is 2.25. The van der Waals surface area contributed by atoms with Crippen LogP contribution in [0, 0.1) is 5.82 Å². The van der Waals surface area contributed by atoms with Crippen molar-refractivity contribution < 1.29 is 18.7 Å². The van der Waals surface area contributed by atoms with Crippen molar-refractivity contribution in [2.24, 2.45) is 0 Å². The van der Waals surface area contributed by atoms with E-state index in [0.29, 0.717) is 10.2 Å². The van der Waals surface area contributed by atoms with Crippen LogP contribution in [-0.2, 0) is 4.79 Å². The second-order valence-corrected chi connectivity index (χ2v) is 5.34. The number of nitrogen functional groups attached to an aromatic ring is 1. The van der Waals surface area contributed by atoms with E-state index in [9.17, 15) is 14.0 Å². The number of amides is 1. The Morgan fingerprint density at radius 3 is 2.59 bits per heavy atom. The molecule has 0 atom stereocenters. The second-order valence-electron chi connectivity index (χ2n) is 4.43. The van der Waals surface area contributed by atoms with Crippen LogP contribution in [0.2, 0.25) is 0 Å². The number of carbonyl (C=O) groups is 2. The number of anilines is 2. The minimum atomic E-state index is -0.634. The van der Waals surface area contributed by atoms with Gasteiger partial charge in [-0.25, -0.2) is 4.39 Å². The Labute approximate surface area is 134 Å². The van der Waals surface area contributed by atoms with Crippen molar-refractivity contribution in [1.82, 2.24) is 0 Å². The summed E-state index contributed by atoms with van der Waals surface area (Å²) in [5, 5.41) is 2.41. The quantitative estimate of drug-likeness (QED) is 0.495. The molecule has 0 saturated carbocycles. The second kappa shape index (κ2) is 6.57. The number of hydrogen-bond acceptors (Lipinski definition) is 4. The fraction of sp³-hybridized carbons (Fsp3) is 0.0667. The molecule has 22 heavy (non-hydrogen) atoms. The van der Waals surface area contributed by atoms with Gasteiger partial charge in [-0.1, -0.05) is 15.9 Å². The van der Waals surface area contributed by atoms with Crippen LogP contribution in [-0.4, -0.2) is 11.9 Å². The standard InChI is InChI=1S/C15H12BrFN2O3/c1-8(20)22-14-5-3-10(18)7-11(14)15(21)19-13-4-2-9(16)6-12(13)17/h2-7H,18H2,1H3,(H,19,21). The fourth-order valence-corrected chi connectivity index (χ4v) is 2.08. The number of benzene rings is 2. The molecule has 114 valence electrons. The molecule has 0 bridgehead atoms. The lowest BCUT2D eigenvalue weighted by Crippen LogP contribution is -2.16. The van der Waals surface area contributed by atoms with E-state index in [1.54, 1.807) is 6.07 Å². The zero-order chi connectivity index (χ0) is 16.3. The maximum atomic E-state index is 13.8. The summed E-state index contributed by atoms with van der Waals surface area (Å²) in [7, 11) is 0. The van der Waals surface area contributed by atoms with Gasteiger partial charge >= 0.3 is 5.97 Å². The van der Waals surface area contributed by atoms with Gasteiger partial charge in [0.25, 0.3) is 5.91 Å². The summed E-state index contributed by atoms with van der Waals surface area (Å²) in [4.78, 5) is 23.3. The summed E-state index contributed by atoms with van der Waals surface area (Å²) in [5.74, 6) is -1.75. The molecule has 0 aliphatic heterocycles. The average Bonchev–Trinajstić information content (AvgIpc) is 2.43. The topological polar surface area (TPSA) is 81.4 Å². The van der Waals surface area contributed by atoms with Crippen molar-refractivity contribution in [2.75, 3.05) is 11.1 Å². The van der Waals surface area contributed by atoms with Gasteiger partial charge < -0.3 is 15.8 Å². The van der Waals surface area contributed by atoms with E-state index in [-0.39, 0.29) is 17.0 Å². The zero-order valence-corrected chi connectivity index (χ0v) is 13.1. The van der Waals surface area contributed by atoms with Gasteiger partial charge in [-0.05, 0) is 36.4 Å². The Morgan fingerprint density at radius 2 is 1.95 bits per heavy atom. The van der Waals surface area contributed by atoms with Crippen LogP contribution < -0.4 is 15.8 Å². The maximum absolute atomic E-state index is 13.8. The van der Waals surface area contributed by atoms with Gasteiger partial charge in [-0.15, -0.1) is 0 Å². The molecule has 7 heteroatoms. The SMILES string of the molecule is CC(=O)Oc1ccc(N)cc1C(=O)Nc1ccc(Br)cc1F. The van der Waals surface area contributed by atoms with E-state index in [0.717, 1.165) is 0 Å². The predicted octanol–water partition coefficient (Wildman–Crippen LogP) is 3.35. The molecule has 0 aromatic heterocycles. The van der Waals surface area contributed by atoms with E-state index >= 15 is 0 Å². The van der Waals surface area contributed by atoms with Crippen molar-refractivity contribution in [3.8, 4) is 5.75 Å². The van der Waals surface area contributed by atoms with Crippen molar-refractivity contribution >= 4 is 39.2 Å². The first-order valence-electron chi connectivity index (χ1n) is 6.21. The Hall–Kier alpha value is -2.41. The van der Waals surface area contributed by atoms with Crippen molar-refractivity contribution in [1.29, 1.82) is 0 Å². The van der Waals surface area contributed by atoms with Gasteiger partial charge in [-0.2, -0.15) is 0 Å².